The maximum absolute atomic E-state index is 12.0. The summed E-state index contributed by atoms with van der Waals surface area (Å²) in [6.45, 7) is 0.351. The number of benzene rings is 1. The largest absolute Gasteiger partial charge is 0.334 e. The van der Waals surface area contributed by atoms with E-state index in [9.17, 15) is 4.79 Å². The Morgan fingerprint density at radius 1 is 1.12 bits per heavy atom. The van der Waals surface area contributed by atoms with Crippen LogP contribution in [0.15, 0.2) is 55.0 Å². The first-order valence-electron chi connectivity index (χ1n) is 7.07. The Morgan fingerprint density at radius 2 is 2.00 bits per heavy atom. The van der Waals surface area contributed by atoms with E-state index in [-0.39, 0.29) is 6.03 Å². The standard InChI is InChI=1S/C16H13Cl2N5O/c17-13-3-2-12(9-14(13)18)22-16(24)20-10-11-4-6-19-15(8-11)23-7-1-5-21-23/h1-9H,10H2,(H2,20,22,24). The van der Waals surface area contributed by atoms with E-state index in [0.717, 1.165) is 5.56 Å². The predicted molar refractivity (Wildman–Crippen MR) is 93.7 cm³/mol. The Hall–Kier alpha value is -2.57. The average molecular weight is 362 g/mol. The minimum absolute atomic E-state index is 0.342. The van der Waals surface area contributed by atoms with Crippen molar-refractivity contribution in [1.82, 2.24) is 20.1 Å². The van der Waals surface area contributed by atoms with Crippen LogP contribution in [0.4, 0.5) is 10.5 Å². The van der Waals surface area contributed by atoms with Gasteiger partial charge in [0.15, 0.2) is 5.82 Å². The van der Waals surface area contributed by atoms with Gasteiger partial charge in [0.05, 0.1) is 10.0 Å². The van der Waals surface area contributed by atoms with Gasteiger partial charge in [0.25, 0.3) is 0 Å². The third-order valence-corrected chi connectivity index (χ3v) is 3.92. The van der Waals surface area contributed by atoms with Gasteiger partial charge in [-0.2, -0.15) is 5.10 Å². The van der Waals surface area contributed by atoms with Gasteiger partial charge in [0.2, 0.25) is 0 Å². The van der Waals surface area contributed by atoms with E-state index in [1.54, 1.807) is 41.5 Å². The molecule has 122 valence electrons. The number of nitrogens with zero attached hydrogens (tertiary/aromatic N) is 3. The first-order chi connectivity index (χ1) is 11.6. The summed E-state index contributed by atoms with van der Waals surface area (Å²) in [6.07, 6.45) is 5.15. The molecule has 2 amide bonds. The molecule has 2 heterocycles. The number of amides is 2. The summed E-state index contributed by atoms with van der Waals surface area (Å²) in [5, 5.41) is 10.4. The number of urea groups is 1. The summed E-state index contributed by atoms with van der Waals surface area (Å²) in [4.78, 5) is 16.2. The van der Waals surface area contributed by atoms with Crippen molar-refractivity contribution in [3.8, 4) is 5.82 Å². The molecule has 2 N–H and O–H groups in total. The van der Waals surface area contributed by atoms with E-state index < -0.39 is 0 Å². The number of anilines is 1. The molecule has 0 fully saturated rings. The highest BCUT2D eigenvalue weighted by Crippen LogP contribution is 2.24. The SMILES string of the molecule is O=C(NCc1ccnc(-n2cccn2)c1)Nc1ccc(Cl)c(Cl)c1. The quantitative estimate of drug-likeness (QED) is 0.740. The fourth-order valence-corrected chi connectivity index (χ4v) is 2.33. The van der Waals surface area contributed by atoms with Crippen LogP contribution >= 0.6 is 23.2 Å². The van der Waals surface area contributed by atoms with Crippen LogP contribution in [0.3, 0.4) is 0 Å². The Morgan fingerprint density at radius 3 is 2.75 bits per heavy atom. The second kappa shape index (κ2) is 7.33. The van der Waals surface area contributed by atoms with E-state index in [1.165, 1.54) is 0 Å². The molecule has 0 bridgehead atoms. The van der Waals surface area contributed by atoms with Crippen LogP contribution in [0.1, 0.15) is 5.56 Å². The molecule has 3 aromatic rings. The first-order valence-corrected chi connectivity index (χ1v) is 7.82. The number of pyridine rings is 1. The monoisotopic (exact) mass is 361 g/mol. The van der Waals surface area contributed by atoms with Crippen molar-refractivity contribution < 1.29 is 4.79 Å². The lowest BCUT2D eigenvalue weighted by molar-refractivity contribution is 0.251. The number of hydrogen-bond donors (Lipinski definition) is 2. The smallest absolute Gasteiger partial charge is 0.319 e. The Bertz CT molecular complexity index is 851. The van der Waals surface area contributed by atoms with Crippen molar-refractivity contribution >= 4 is 34.9 Å². The molecule has 0 saturated heterocycles. The number of halogens is 2. The second-order valence-corrected chi connectivity index (χ2v) is 5.72. The zero-order chi connectivity index (χ0) is 16.9. The number of carbonyl (C=O) groups excluding carboxylic acids is 1. The molecule has 0 spiro atoms. The topological polar surface area (TPSA) is 71.8 Å². The van der Waals surface area contributed by atoms with Crippen LogP contribution in [0, 0.1) is 0 Å². The highest BCUT2D eigenvalue weighted by Gasteiger charge is 2.05. The van der Waals surface area contributed by atoms with E-state index in [0.29, 0.717) is 28.1 Å². The highest BCUT2D eigenvalue weighted by atomic mass is 35.5. The molecule has 0 radical (unpaired) electrons. The molecular formula is C16H13Cl2N5O. The third-order valence-electron chi connectivity index (χ3n) is 3.18. The van der Waals surface area contributed by atoms with Crippen LogP contribution in [0.25, 0.3) is 5.82 Å². The fourth-order valence-electron chi connectivity index (χ4n) is 2.03. The number of hydrogen-bond acceptors (Lipinski definition) is 3. The first kappa shape index (κ1) is 16.3. The highest BCUT2D eigenvalue weighted by molar-refractivity contribution is 6.42. The van der Waals surface area contributed by atoms with Gasteiger partial charge in [-0.15, -0.1) is 0 Å². The second-order valence-electron chi connectivity index (χ2n) is 4.91. The van der Waals surface area contributed by atoms with Crippen LogP contribution < -0.4 is 10.6 Å². The van der Waals surface area contributed by atoms with Gasteiger partial charge in [-0.3, -0.25) is 0 Å². The zero-order valence-corrected chi connectivity index (χ0v) is 13.9. The average Bonchev–Trinajstić information content (AvgIpc) is 3.11. The van der Waals surface area contributed by atoms with Gasteiger partial charge in [-0.25, -0.2) is 14.5 Å². The Kier molecular flexibility index (Phi) is 4.98. The lowest BCUT2D eigenvalue weighted by Gasteiger charge is -2.09. The van der Waals surface area contributed by atoms with E-state index >= 15 is 0 Å². The van der Waals surface area contributed by atoms with Gasteiger partial charge < -0.3 is 10.6 Å². The molecule has 0 atom stereocenters. The van der Waals surface area contributed by atoms with E-state index in [4.69, 9.17) is 23.2 Å². The predicted octanol–water partition coefficient (Wildman–Crippen LogP) is 3.90. The van der Waals surface area contributed by atoms with Gasteiger partial charge in [0.1, 0.15) is 0 Å². The summed E-state index contributed by atoms with van der Waals surface area (Å²) in [5.74, 6) is 0.684. The molecule has 2 aromatic heterocycles. The van der Waals surface area contributed by atoms with Crippen molar-refractivity contribution in [2.24, 2.45) is 0 Å². The number of nitrogens with one attached hydrogen (secondary N) is 2. The van der Waals surface area contributed by atoms with Gasteiger partial charge in [-0.1, -0.05) is 23.2 Å². The van der Waals surface area contributed by atoms with Crippen LogP contribution in [0.5, 0.6) is 0 Å². The third kappa shape index (κ3) is 4.04. The molecule has 3 rings (SSSR count). The van der Waals surface area contributed by atoms with Crippen molar-refractivity contribution in [2.45, 2.75) is 6.54 Å². The maximum Gasteiger partial charge on any atom is 0.319 e. The molecule has 0 unspecified atom stereocenters. The summed E-state index contributed by atoms with van der Waals surface area (Å²) in [5.41, 5.74) is 1.47. The normalized spacial score (nSPS) is 10.4. The Labute approximate surface area is 148 Å². The fraction of sp³-hybridized carbons (Fsp3) is 0.0625. The maximum atomic E-state index is 12.0. The molecule has 8 heteroatoms. The van der Waals surface area contributed by atoms with Crippen molar-refractivity contribution in [1.29, 1.82) is 0 Å². The minimum atomic E-state index is -0.342. The van der Waals surface area contributed by atoms with Crippen molar-refractivity contribution in [3.63, 3.8) is 0 Å². The summed E-state index contributed by atoms with van der Waals surface area (Å²) < 4.78 is 1.65. The van der Waals surface area contributed by atoms with Gasteiger partial charge in [-0.05, 0) is 42.0 Å². The number of rotatable bonds is 4. The molecule has 0 aliphatic heterocycles. The Balaban J connectivity index is 1.60. The summed E-state index contributed by atoms with van der Waals surface area (Å²) in [7, 11) is 0. The lowest BCUT2D eigenvalue weighted by Crippen LogP contribution is -2.28. The van der Waals surface area contributed by atoms with Crippen LogP contribution in [0.2, 0.25) is 10.0 Å². The molecular weight excluding hydrogens is 349 g/mol. The van der Waals surface area contributed by atoms with Crippen molar-refractivity contribution in [3.05, 3.63) is 70.6 Å². The molecule has 0 saturated carbocycles. The number of carbonyl (C=O) groups is 1. The van der Waals surface area contributed by atoms with E-state index in [1.807, 2.05) is 18.2 Å². The summed E-state index contributed by atoms with van der Waals surface area (Å²) in [6, 6.07) is 10.0. The molecule has 0 aliphatic rings. The molecule has 24 heavy (non-hydrogen) atoms. The van der Waals surface area contributed by atoms with Gasteiger partial charge >= 0.3 is 6.03 Å². The zero-order valence-electron chi connectivity index (χ0n) is 12.4. The molecule has 6 nitrogen and oxygen atoms in total. The minimum Gasteiger partial charge on any atom is -0.334 e. The van der Waals surface area contributed by atoms with Gasteiger partial charge in [0, 0.05) is 30.8 Å². The summed E-state index contributed by atoms with van der Waals surface area (Å²) >= 11 is 11.8. The number of aromatic nitrogens is 3. The molecule has 1 aromatic carbocycles. The van der Waals surface area contributed by atoms with E-state index in [2.05, 4.69) is 20.7 Å². The lowest BCUT2D eigenvalue weighted by atomic mass is 10.2. The molecule has 0 aliphatic carbocycles. The van der Waals surface area contributed by atoms with Crippen LogP contribution in [-0.4, -0.2) is 20.8 Å². The van der Waals surface area contributed by atoms with Crippen LogP contribution in [-0.2, 0) is 6.54 Å². The van der Waals surface area contributed by atoms with Crippen molar-refractivity contribution in [2.75, 3.05) is 5.32 Å².